The lowest BCUT2D eigenvalue weighted by atomic mass is 9.98. The maximum absolute atomic E-state index is 12.5. The number of carbonyl (C=O) groups is 12. The van der Waals surface area contributed by atoms with E-state index < -0.39 is 35.8 Å². The van der Waals surface area contributed by atoms with Gasteiger partial charge in [0.15, 0.2) is 0 Å². The Kier molecular flexibility index (Phi) is 43.5. The second-order valence-corrected chi connectivity index (χ2v) is 31.0. The van der Waals surface area contributed by atoms with Crippen LogP contribution in [0.25, 0.3) is 0 Å². The molecule has 0 saturated heterocycles. The minimum atomic E-state index is -1.04. The Morgan fingerprint density at radius 3 is 0.634 bits per heavy atom. The predicted molar refractivity (Wildman–Crippen MR) is 481 cm³/mol. The van der Waals surface area contributed by atoms with Gasteiger partial charge in [0, 0.05) is 72.6 Å². The Bertz CT molecular complexity index is 5060. The van der Waals surface area contributed by atoms with Gasteiger partial charge in [0.1, 0.15) is 113 Å². The Labute approximate surface area is 772 Å². The topological polar surface area (TPSA) is 379 Å². The van der Waals surface area contributed by atoms with E-state index >= 15 is 0 Å². The average Bonchev–Trinajstić information content (AvgIpc) is 0.817. The molecule has 720 valence electrons. The van der Waals surface area contributed by atoms with Gasteiger partial charge in [0.2, 0.25) is 0 Å². The average molecular weight is 1870 g/mol. The highest BCUT2D eigenvalue weighted by Crippen LogP contribution is 2.32. The number of hydrogen-bond donors (Lipinski definition) is 4. The number of aliphatic carboxylic acids is 4. The summed E-state index contributed by atoms with van der Waals surface area (Å²) >= 11 is 0. The number of halogens is 6. The molecule has 6 aromatic rings. The number of esters is 2. The maximum atomic E-state index is 12.5. The van der Waals surface area contributed by atoms with Crippen molar-refractivity contribution >= 4 is 71.3 Å². The summed E-state index contributed by atoms with van der Waals surface area (Å²) in [6.07, 6.45) is 10.3. The minimum absolute atomic E-state index is 0.0474. The fourth-order valence-electron chi connectivity index (χ4n) is 13.9. The predicted octanol–water partition coefficient (Wildman–Crippen LogP) is 14.6. The molecule has 6 heterocycles. The van der Waals surface area contributed by atoms with Gasteiger partial charge >= 0.3 is 35.8 Å². The van der Waals surface area contributed by atoms with Crippen LogP contribution in [0.3, 0.4) is 0 Å². The van der Waals surface area contributed by atoms with Crippen LogP contribution in [0.15, 0.2) is 181 Å². The lowest BCUT2D eigenvalue weighted by molar-refractivity contribution is -0.142. The third-order valence-corrected chi connectivity index (χ3v) is 22.1. The van der Waals surface area contributed by atoms with Gasteiger partial charge in [-0.15, -0.1) is 0 Å². The molecule has 0 radical (unpaired) electrons. The number of ether oxygens (including phenoxy) is 8. The molecule has 6 amide bonds. The van der Waals surface area contributed by atoms with Crippen LogP contribution in [0.1, 0.15) is 176 Å². The van der Waals surface area contributed by atoms with Crippen LogP contribution in [0.4, 0.5) is 26.3 Å². The number of fused-ring (bicyclic) bond motifs is 6. The minimum Gasteiger partial charge on any atom is -0.489 e. The Hall–Kier alpha value is -14.2. The van der Waals surface area contributed by atoms with Gasteiger partial charge in [0.05, 0.1) is 52.2 Å². The fourth-order valence-corrected chi connectivity index (χ4v) is 13.9. The molecule has 0 spiro atoms. The number of amides is 6. The first-order valence-electron chi connectivity index (χ1n) is 43.4. The first kappa shape index (κ1) is 107. The number of methoxy groups -OCH3 is 2. The quantitative estimate of drug-likeness (QED) is 0.0210. The van der Waals surface area contributed by atoms with Crippen molar-refractivity contribution in [3.05, 3.63) is 247 Å². The molecule has 6 aliphatic rings. The van der Waals surface area contributed by atoms with E-state index in [1.165, 1.54) is 43.6 Å². The molecule has 4 N–H and O–H groups in total. The molecular weight excluding hydrogens is 1760 g/mol. The SMILES string of the molecule is CC/C(=C/F)COc1ccc2c(c1)C(=O)N(CC(=O)O)CC2.CC/C(=C/F)COc1ccc2c(c1)CCN(CC(=O)O)C2=O.CC/C(=C/F)COc1ccc2c(c1)CCN(CC(=O)OC)C2=O.CC/C(=C\F)COc1ccc2c(c1)C(=O)N(CC(=O)O)CC2.CC/C(=C\F)COc1ccc2c(c1)CCN(CC(=O)O)C2=O.CC/C(=C\F)COc1ccc2c(c1)CCN(CC(=O)OC)C2=O. The summed E-state index contributed by atoms with van der Waals surface area (Å²) in [5.41, 5.74) is 11.5. The fraction of sp³-hybridized carbons (Fsp3) is 0.388. The summed E-state index contributed by atoms with van der Waals surface area (Å²) in [4.78, 5) is 147. The largest absolute Gasteiger partial charge is 0.489 e. The highest BCUT2D eigenvalue weighted by Gasteiger charge is 2.33. The monoisotopic (exact) mass is 1870 g/mol. The zero-order valence-electron chi connectivity index (χ0n) is 76.0. The lowest BCUT2D eigenvalue weighted by Gasteiger charge is -2.27. The van der Waals surface area contributed by atoms with Crippen molar-refractivity contribution in [3.8, 4) is 34.5 Å². The first-order valence-corrected chi connectivity index (χ1v) is 43.4. The smallest absolute Gasteiger partial charge is 0.325 e. The number of rotatable bonds is 36. The molecule has 0 unspecified atom stereocenters. The van der Waals surface area contributed by atoms with Crippen LogP contribution in [0.2, 0.25) is 0 Å². The normalized spacial score (nSPS) is 14.6. The molecule has 134 heavy (non-hydrogen) atoms. The van der Waals surface area contributed by atoms with Gasteiger partial charge in [-0.25, -0.2) is 26.3 Å². The number of carboxylic acid groups (broad SMARTS) is 4. The molecule has 0 fully saturated rings. The molecule has 36 heteroatoms. The number of hydrogen-bond acceptors (Lipinski definition) is 20. The summed E-state index contributed by atoms with van der Waals surface area (Å²) in [5.74, 6) is -3.29. The van der Waals surface area contributed by atoms with Crippen molar-refractivity contribution in [2.24, 2.45) is 0 Å². The van der Waals surface area contributed by atoms with E-state index in [0.717, 1.165) is 33.4 Å². The zero-order valence-corrected chi connectivity index (χ0v) is 76.0. The summed E-state index contributed by atoms with van der Waals surface area (Å²) < 4.78 is 117. The van der Waals surface area contributed by atoms with Gasteiger partial charge in [-0.05, 0) is 241 Å². The maximum Gasteiger partial charge on any atom is 0.325 e. The molecule has 30 nitrogen and oxygen atoms in total. The van der Waals surface area contributed by atoms with Gasteiger partial charge in [-0.1, -0.05) is 53.7 Å². The van der Waals surface area contributed by atoms with E-state index in [9.17, 15) is 83.9 Å². The van der Waals surface area contributed by atoms with E-state index in [1.54, 1.807) is 109 Å². The van der Waals surface area contributed by atoms with Gasteiger partial charge in [0.25, 0.3) is 35.4 Å². The van der Waals surface area contributed by atoms with E-state index in [4.69, 9.17) is 48.8 Å². The second-order valence-electron chi connectivity index (χ2n) is 31.0. The van der Waals surface area contributed by atoms with Crippen molar-refractivity contribution < 1.29 is 142 Å². The molecule has 0 atom stereocenters. The third-order valence-electron chi connectivity index (χ3n) is 22.1. The number of carboxylic acids is 4. The van der Waals surface area contributed by atoms with Gasteiger partial charge in [-0.3, -0.25) is 57.5 Å². The second kappa shape index (κ2) is 54.6. The highest BCUT2D eigenvalue weighted by atomic mass is 19.1. The van der Waals surface area contributed by atoms with Crippen LogP contribution in [0, 0.1) is 0 Å². The highest BCUT2D eigenvalue weighted by molar-refractivity contribution is 6.02. The van der Waals surface area contributed by atoms with Crippen LogP contribution in [0.5, 0.6) is 34.5 Å². The van der Waals surface area contributed by atoms with Crippen molar-refractivity contribution in [1.29, 1.82) is 0 Å². The van der Waals surface area contributed by atoms with E-state index in [1.807, 2.05) is 41.5 Å². The standard InChI is InChI=1S/2C17H20FNO4.4C16H18FNO4/c2*1-3-12(9-18)11-23-14-4-5-15-13(8-14)6-7-19(17(15)21)10-16(20)22-2;2*1-2-11(8-17)10-22-13-3-4-14-12(7-13)5-6-18(16(14)21)9-15(19)20;2*1-2-11(8-17)10-22-13-4-3-12-5-6-18(9-15(19)20)16(21)14(12)7-13/h2*4-5,8-9H,3,6-7,10-11H2,1-2H3;4*3-4,7-8H,2,5-6,9-10H2,1H3,(H,19,20)/b12-9+;12-9-;11-8+;11-8-;11-8+;11-8-. The van der Waals surface area contributed by atoms with Crippen molar-refractivity contribution in [2.45, 2.75) is 119 Å². The zero-order chi connectivity index (χ0) is 98.1. The van der Waals surface area contributed by atoms with Crippen LogP contribution in [-0.4, -0.2) is 253 Å². The number of carbonyl (C=O) groups excluding carboxylic acids is 8. The van der Waals surface area contributed by atoms with Crippen molar-refractivity contribution in [3.63, 3.8) is 0 Å². The summed E-state index contributed by atoms with van der Waals surface area (Å²) in [6, 6.07) is 30.7. The molecule has 6 aromatic carbocycles. The Morgan fingerprint density at radius 2 is 0.448 bits per heavy atom. The molecule has 0 aliphatic carbocycles. The van der Waals surface area contributed by atoms with Crippen molar-refractivity contribution in [1.82, 2.24) is 29.4 Å². The molecule has 0 aromatic heterocycles. The summed E-state index contributed by atoms with van der Waals surface area (Å²) in [6.45, 7) is 13.1. The third kappa shape index (κ3) is 32.1. The lowest BCUT2D eigenvalue weighted by Crippen LogP contribution is -2.41. The first-order chi connectivity index (χ1) is 64.3. The van der Waals surface area contributed by atoms with Crippen LogP contribution >= 0.6 is 0 Å². The van der Waals surface area contributed by atoms with Gasteiger partial charge < -0.3 is 87.7 Å². The van der Waals surface area contributed by atoms with E-state index in [0.29, 0.717) is 256 Å². The molecule has 0 bridgehead atoms. The van der Waals surface area contributed by atoms with Crippen LogP contribution < -0.4 is 28.4 Å². The molecule has 6 aliphatic heterocycles. The number of nitrogens with zero attached hydrogens (tertiary/aromatic N) is 6. The van der Waals surface area contributed by atoms with Crippen LogP contribution in [-0.2, 0) is 76.8 Å². The molecule has 0 saturated carbocycles. The molecular formula is C98H112F6N6O24. The van der Waals surface area contributed by atoms with Crippen molar-refractivity contribution in [2.75, 3.05) is 132 Å². The van der Waals surface area contributed by atoms with Gasteiger partial charge in [-0.2, -0.15) is 0 Å². The van der Waals surface area contributed by atoms with E-state index in [-0.39, 0.29) is 114 Å². The van der Waals surface area contributed by atoms with E-state index in [2.05, 4.69) is 9.47 Å². The summed E-state index contributed by atoms with van der Waals surface area (Å²) in [7, 11) is 2.59. The molecule has 12 rings (SSSR count). The number of benzene rings is 6. The summed E-state index contributed by atoms with van der Waals surface area (Å²) in [5, 5.41) is 35.2. The Morgan fingerprint density at radius 1 is 0.269 bits per heavy atom. The Balaban J connectivity index is 0.000000219.